The van der Waals surface area contributed by atoms with E-state index in [-0.39, 0.29) is 0 Å². The molecule has 0 aromatic heterocycles. The molecular formula is C17H24N2O12. The first-order chi connectivity index (χ1) is 14.3. The fourth-order valence-electron chi connectivity index (χ4n) is 1.20. The van der Waals surface area contributed by atoms with Gasteiger partial charge in [0.1, 0.15) is 0 Å². The number of carbonyl (C=O) groups is 6. The van der Waals surface area contributed by atoms with Crippen molar-refractivity contribution in [3.8, 4) is 0 Å². The number of hydrogen-bond donors (Lipinski definition) is 7. The molecule has 31 heavy (non-hydrogen) atoms. The highest BCUT2D eigenvalue weighted by Crippen LogP contribution is 1.83. The number of carboxylic acid groups (broad SMARTS) is 6. The van der Waals surface area contributed by atoms with E-state index < -0.39 is 35.8 Å². The van der Waals surface area contributed by atoms with E-state index in [1.165, 1.54) is 13.1 Å². The lowest BCUT2D eigenvalue weighted by molar-refractivity contribution is -0.134. The van der Waals surface area contributed by atoms with E-state index in [0.717, 1.165) is 13.1 Å². The molecule has 0 unspecified atom stereocenters. The van der Waals surface area contributed by atoms with Crippen LogP contribution in [0.2, 0.25) is 0 Å². The van der Waals surface area contributed by atoms with Gasteiger partial charge >= 0.3 is 35.8 Å². The van der Waals surface area contributed by atoms with Gasteiger partial charge in [-0.1, -0.05) is 0 Å². The summed E-state index contributed by atoms with van der Waals surface area (Å²) in [6, 6.07) is 0. The first kappa shape index (κ1) is 31.6. The number of nitrogens with zero attached hydrogens (tertiary/aromatic N) is 1. The van der Waals surface area contributed by atoms with Crippen molar-refractivity contribution in [3.05, 3.63) is 36.5 Å². The van der Waals surface area contributed by atoms with Crippen LogP contribution in [0.3, 0.4) is 0 Å². The van der Waals surface area contributed by atoms with Crippen molar-refractivity contribution in [2.45, 2.75) is 0 Å². The van der Waals surface area contributed by atoms with Crippen molar-refractivity contribution in [1.82, 2.24) is 10.2 Å². The Labute approximate surface area is 176 Å². The Balaban J connectivity index is -0.000000337. The Morgan fingerprint density at radius 1 is 0.548 bits per heavy atom. The average molecular weight is 448 g/mol. The van der Waals surface area contributed by atoms with Gasteiger partial charge in [0, 0.05) is 62.6 Å². The molecule has 0 aromatic carbocycles. The van der Waals surface area contributed by atoms with Crippen LogP contribution in [-0.2, 0) is 28.8 Å². The molecule has 174 valence electrons. The Bertz CT molecular complexity index is 562. The summed E-state index contributed by atoms with van der Waals surface area (Å²) in [7, 11) is 2.15. The number of likely N-dealkylation sites (N-methyl/N-ethyl adjacent to an activating group) is 1. The minimum Gasteiger partial charge on any atom is -0.478 e. The summed E-state index contributed by atoms with van der Waals surface area (Å²) >= 11 is 0. The van der Waals surface area contributed by atoms with Crippen LogP contribution >= 0.6 is 0 Å². The standard InChI is InChI=1S/C5H12N2.3C4H4O4/c1-7-4-2-6-3-5-7;3*5-3(6)1-2-4(7)8/h6H,2-5H2,1H3;3*1-2H,(H,5,6)(H,7,8). The van der Waals surface area contributed by atoms with Gasteiger partial charge < -0.3 is 40.9 Å². The Morgan fingerprint density at radius 3 is 0.839 bits per heavy atom. The molecule has 0 aromatic rings. The first-order valence-corrected chi connectivity index (χ1v) is 8.09. The Morgan fingerprint density at radius 2 is 0.742 bits per heavy atom. The van der Waals surface area contributed by atoms with E-state index >= 15 is 0 Å². The van der Waals surface area contributed by atoms with Gasteiger partial charge in [0.15, 0.2) is 0 Å². The van der Waals surface area contributed by atoms with E-state index in [9.17, 15) is 28.8 Å². The van der Waals surface area contributed by atoms with Gasteiger partial charge in [0.05, 0.1) is 0 Å². The first-order valence-electron chi connectivity index (χ1n) is 8.09. The van der Waals surface area contributed by atoms with Crippen molar-refractivity contribution in [1.29, 1.82) is 0 Å². The summed E-state index contributed by atoms with van der Waals surface area (Å²) in [6.45, 7) is 4.74. The fraction of sp³-hybridized carbons (Fsp3) is 0.294. The van der Waals surface area contributed by atoms with Crippen LogP contribution in [0.25, 0.3) is 0 Å². The molecule has 0 amide bonds. The zero-order valence-corrected chi connectivity index (χ0v) is 16.4. The molecule has 0 atom stereocenters. The monoisotopic (exact) mass is 448 g/mol. The van der Waals surface area contributed by atoms with Gasteiger partial charge in [-0.2, -0.15) is 0 Å². The third-order valence-electron chi connectivity index (χ3n) is 2.45. The molecule has 0 bridgehead atoms. The van der Waals surface area contributed by atoms with Crippen LogP contribution in [0.15, 0.2) is 36.5 Å². The van der Waals surface area contributed by atoms with Gasteiger partial charge in [0.2, 0.25) is 0 Å². The fourth-order valence-corrected chi connectivity index (χ4v) is 1.20. The molecule has 1 saturated heterocycles. The van der Waals surface area contributed by atoms with Crippen molar-refractivity contribution in [3.63, 3.8) is 0 Å². The van der Waals surface area contributed by atoms with Gasteiger partial charge in [-0.3, -0.25) is 0 Å². The molecule has 1 heterocycles. The highest BCUT2D eigenvalue weighted by molar-refractivity contribution is 5.90. The molecule has 0 spiro atoms. The molecule has 0 radical (unpaired) electrons. The zero-order valence-electron chi connectivity index (χ0n) is 16.4. The van der Waals surface area contributed by atoms with Crippen LogP contribution < -0.4 is 5.32 Å². The predicted octanol–water partition coefficient (Wildman–Crippen LogP) is -1.34. The third-order valence-corrected chi connectivity index (χ3v) is 2.45. The molecule has 1 aliphatic rings. The zero-order chi connectivity index (χ0) is 24.8. The van der Waals surface area contributed by atoms with Crippen molar-refractivity contribution in [2.24, 2.45) is 0 Å². The Kier molecular flexibility index (Phi) is 21.1. The van der Waals surface area contributed by atoms with Crippen molar-refractivity contribution >= 4 is 35.8 Å². The van der Waals surface area contributed by atoms with Crippen molar-refractivity contribution < 1.29 is 59.4 Å². The summed E-state index contributed by atoms with van der Waals surface area (Å²) in [5.41, 5.74) is 0. The number of piperazine rings is 1. The quantitative estimate of drug-likeness (QED) is 0.233. The maximum atomic E-state index is 9.55. The highest BCUT2D eigenvalue weighted by atomic mass is 16.4. The van der Waals surface area contributed by atoms with Gasteiger partial charge in [0.25, 0.3) is 0 Å². The Hall–Kier alpha value is -4.04. The van der Waals surface area contributed by atoms with Gasteiger partial charge in [-0.05, 0) is 7.05 Å². The van der Waals surface area contributed by atoms with Crippen LogP contribution in [0.4, 0.5) is 0 Å². The second-order valence-electron chi connectivity index (χ2n) is 5.08. The number of hydrogen-bond acceptors (Lipinski definition) is 8. The number of nitrogens with one attached hydrogen (secondary N) is 1. The minimum absolute atomic E-state index is 0.558. The molecular weight excluding hydrogens is 424 g/mol. The summed E-state index contributed by atoms with van der Waals surface area (Å²) in [6.07, 6.45) is 3.35. The largest absolute Gasteiger partial charge is 0.478 e. The summed E-state index contributed by atoms with van der Waals surface area (Å²) in [5, 5.41) is 50.1. The molecule has 0 aliphatic carbocycles. The SMILES string of the molecule is CN1CCNCC1.O=C(O)C=CC(=O)O.O=C(O)C=CC(=O)O.O=C(O)C=CC(=O)O. The van der Waals surface area contributed by atoms with E-state index in [2.05, 4.69) is 17.3 Å². The molecule has 7 N–H and O–H groups in total. The molecule has 1 aliphatic heterocycles. The lowest BCUT2D eigenvalue weighted by atomic mass is 10.4. The third kappa shape index (κ3) is 41.5. The number of carboxylic acids is 6. The lowest BCUT2D eigenvalue weighted by Crippen LogP contribution is -2.40. The van der Waals surface area contributed by atoms with E-state index in [1.807, 2.05) is 0 Å². The summed E-state index contributed by atoms with van der Waals surface area (Å²) in [4.78, 5) is 59.7. The molecule has 14 heteroatoms. The van der Waals surface area contributed by atoms with Crippen LogP contribution in [0.1, 0.15) is 0 Å². The van der Waals surface area contributed by atoms with Crippen molar-refractivity contribution in [2.75, 3.05) is 33.2 Å². The second kappa shape index (κ2) is 20.7. The number of aliphatic carboxylic acids is 6. The highest BCUT2D eigenvalue weighted by Gasteiger charge is 2.01. The van der Waals surface area contributed by atoms with E-state index in [0.29, 0.717) is 36.5 Å². The average Bonchev–Trinajstić information content (AvgIpc) is 2.65. The molecule has 1 fully saturated rings. The molecule has 1 rings (SSSR count). The van der Waals surface area contributed by atoms with Gasteiger partial charge in [-0.25, -0.2) is 28.8 Å². The second-order valence-corrected chi connectivity index (χ2v) is 5.08. The summed E-state index contributed by atoms with van der Waals surface area (Å²) < 4.78 is 0. The normalized spacial score (nSPS) is 13.1. The van der Waals surface area contributed by atoms with Crippen LogP contribution in [0, 0.1) is 0 Å². The maximum absolute atomic E-state index is 9.55. The van der Waals surface area contributed by atoms with Crippen LogP contribution in [-0.4, -0.2) is 105 Å². The maximum Gasteiger partial charge on any atom is 0.328 e. The number of rotatable bonds is 6. The van der Waals surface area contributed by atoms with Crippen LogP contribution in [0.5, 0.6) is 0 Å². The van der Waals surface area contributed by atoms with E-state index in [1.54, 1.807) is 0 Å². The minimum atomic E-state index is -1.26. The predicted molar refractivity (Wildman–Crippen MR) is 104 cm³/mol. The van der Waals surface area contributed by atoms with E-state index in [4.69, 9.17) is 30.6 Å². The molecule has 0 saturated carbocycles. The molecule has 14 nitrogen and oxygen atoms in total. The van der Waals surface area contributed by atoms with Gasteiger partial charge in [-0.15, -0.1) is 0 Å². The topological polar surface area (TPSA) is 239 Å². The smallest absolute Gasteiger partial charge is 0.328 e. The lowest BCUT2D eigenvalue weighted by Gasteiger charge is -2.21. The summed E-state index contributed by atoms with van der Waals surface area (Å²) in [5.74, 6) is -7.54.